The van der Waals surface area contributed by atoms with Crippen LogP contribution in [0.15, 0.2) is 59.6 Å². The van der Waals surface area contributed by atoms with E-state index in [2.05, 4.69) is 56.5 Å². The summed E-state index contributed by atoms with van der Waals surface area (Å²) in [7, 11) is 1.60. The van der Waals surface area contributed by atoms with Crippen LogP contribution in [0, 0.1) is 6.92 Å². The Hall–Kier alpha value is -3.12. The van der Waals surface area contributed by atoms with Crippen LogP contribution in [-0.2, 0) is 0 Å². The molecule has 130 valence electrons. The number of ether oxygens (including phenoxy) is 1. The molecule has 3 aromatic heterocycles. The van der Waals surface area contributed by atoms with Crippen LogP contribution in [0.2, 0.25) is 0 Å². The van der Waals surface area contributed by atoms with Crippen LogP contribution in [0.3, 0.4) is 0 Å². The van der Waals surface area contributed by atoms with Crippen molar-refractivity contribution in [2.45, 2.75) is 6.92 Å². The van der Waals surface area contributed by atoms with Gasteiger partial charge in [-0.25, -0.2) is 9.97 Å². The topological polar surface area (TPSA) is 59.1 Å². The lowest BCUT2D eigenvalue weighted by atomic mass is 10.1. The van der Waals surface area contributed by atoms with Crippen LogP contribution in [0.1, 0.15) is 5.56 Å². The Bertz CT molecular complexity index is 1030. The van der Waals surface area contributed by atoms with Crippen molar-refractivity contribution in [3.05, 3.63) is 65.1 Å². The summed E-state index contributed by atoms with van der Waals surface area (Å²) in [6, 6.07) is 12.1. The van der Waals surface area contributed by atoms with E-state index >= 15 is 0 Å². The first-order valence-corrected chi connectivity index (χ1v) is 9.13. The first-order valence-electron chi connectivity index (χ1n) is 8.19. The van der Waals surface area contributed by atoms with Gasteiger partial charge in [-0.2, -0.15) is 11.3 Å². The standard InChI is InChI=1S/C20H18N4OS/c1-13-3-5-17-16(19(13)23-15-8-10-26-12-15)7-9-21-20(17)24-14-4-6-18(25-2)22-11-14/h3-12,23H,1-2H3,(H,21,24). The van der Waals surface area contributed by atoms with Gasteiger partial charge in [0.05, 0.1) is 19.0 Å². The molecule has 0 saturated carbocycles. The van der Waals surface area contributed by atoms with Crippen molar-refractivity contribution < 1.29 is 4.74 Å². The Labute approximate surface area is 155 Å². The molecule has 0 saturated heterocycles. The average molecular weight is 362 g/mol. The van der Waals surface area contributed by atoms with E-state index in [-0.39, 0.29) is 0 Å². The number of hydrogen-bond acceptors (Lipinski definition) is 6. The van der Waals surface area contributed by atoms with Crippen molar-refractivity contribution in [2.24, 2.45) is 0 Å². The third kappa shape index (κ3) is 3.19. The number of anilines is 4. The van der Waals surface area contributed by atoms with Crippen LogP contribution in [-0.4, -0.2) is 17.1 Å². The molecule has 6 heteroatoms. The monoisotopic (exact) mass is 362 g/mol. The number of rotatable bonds is 5. The van der Waals surface area contributed by atoms with E-state index in [1.807, 2.05) is 24.4 Å². The molecule has 0 radical (unpaired) electrons. The largest absolute Gasteiger partial charge is 0.481 e. The first-order chi connectivity index (χ1) is 12.7. The molecule has 0 aliphatic carbocycles. The second-order valence-electron chi connectivity index (χ2n) is 5.86. The van der Waals surface area contributed by atoms with Crippen LogP contribution < -0.4 is 15.4 Å². The Morgan fingerprint density at radius 2 is 1.85 bits per heavy atom. The quantitative estimate of drug-likeness (QED) is 0.491. The predicted octanol–water partition coefficient (Wildman–Crippen LogP) is 5.50. The highest BCUT2D eigenvalue weighted by atomic mass is 32.1. The number of pyridine rings is 2. The molecule has 0 amide bonds. The highest BCUT2D eigenvalue weighted by Crippen LogP contribution is 2.34. The minimum atomic E-state index is 0.583. The van der Waals surface area contributed by atoms with Gasteiger partial charge in [0, 0.05) is 39.8 Å². The van der Waals surface area contributed by atoms with Crippen LogP contribution in [0.5, 0.6) is 5.88 Å². The minimum Gasteiger partial charge on any atom is -0.481 e. The number of fused-ring (bicyclic) bond motifs is 1. The molecule has 1 aromatic carbocycles. The summed E-state index contributed by atoms with van der Waals surface area (Å²) in [6.45, 7) is 2.11. The maximum Gasteiger partial charge on any atom is 0.213 e. The maximum atomic E-state index is 5.11. The van der Waals surface area contributed by atoms with Gasteiger partial charge >= 0.3 is 0 Å². The second kappa shape index (κ2) is 7.01. The summed E-state index contributed by atoms with van der Waals surface area (Å²) >= 11 is 1.67. The third-order valence-electron chi connectivity index (χ3n) is 4.15. The van der Waals surface area contributed by atoms with Crippen molar-refractivity contribution in [2.75, 3.05) is 17.7 Å². The van der Waals surface area contributed by atoms with E-state index in [0.29, 0.717) is 5.88 Å². The zero-order chi connectivity index (χ0) is 17.9. The molecule has 4 aromatic rings. The molecule has 0 bridgehead atoms. The van der Waals surface area contributed by atoms with E-state index in [1.165, 1.54) is 5.56 Å². The molecular formula is C20H18N4OS. The summed E-state index contributed by atoms with van der Waals surface area (Å²) < 4.78 is 5.11. The van der Waals surface area contributed by atoms with Crippen molar-refractivity contribution in [3.8, 4) is 5.88 Å². The van der Waals surface area contributed by atoms with Gasteiger partial charge in [0.1, 0.15) is 5.82 Å². The lowest BCUT2D eigenvalue weighted by Gasteiger charge is -2.14. The van der Waals surface area contributed by atoms with Crippen molar-refractivity contribution in [3.63, 3.8) is 0 Å². The van der Waals surface area contributed by atoms with Gasteiger partial charge in [0.25, 0.3) is 0 Å². The zero-order valence-corrected chi connectivity index (χ0v) is 15.3. The van der Waals surface area contributed by atoms with Gasteiger partial charge < -0.3 is 15.4 Å². The molecule has 3 heterocycles. The number of nitrogens with zero attached hydrogens (tertiary/aromatic N) is 2. The molecular weight excluding hydrogens is 344 g/mol. The molecule has 0 atom stereocenters. The van der Waals surface area contributed by atoms with Gasteiger partial charge in [-0.15, -0.1) is 0 Å². The van der Waals surface area contributed by atoms with Gasteiger partial charge in [-0.05, 0) is 36.1 Å². The highest BCUT2D eigenvalue weighted by Gasteiger charge is 2.10. The number of hydrogen-bond donors (Lipinski definition) is 2. The maximum absolute atomic E-state index is 5.11. The number of nitrogens with one attached hydrogen (secondary N) is 2. The van der Waals surface area contributed by atoms with Gasteiger partial charge in [-0.1, -0.05) is 12.1 Å². The number of aromatic nitrogens is 2. The van der Waals surface area contributed by atoms with Crippen LogP contribution in [0.25, 0.3) is 10.8 Å². The van der Waals surface area contributed by atoms with E-state index < -0.39 is 0 Å². The van der Waals surface area contributed by atoms with Crippen LogP contribution in [0.4, 0.5) is 22.9 Å². The molecule has 4 rings (SSSR count). The molecule has 0 aliphatic rings. The van der Waals surface area contributed by atoms with E-state index in [9.17, 15) is 0 Å². The Morgan fingerprint density at radius 1 is 0.923 bits per heavy atom. The fourth-order valence-electron chi connectivity index (χ4n) is 2.82. The lowest BCUT2D eigenvalue weighted by Crippen LogP contribution is -1.98. The number of thiophene rings is 1. The van der Waals surface area contributed by atoms with Crippen molar-refractivity contribution in [1.29, 1.82) is 0 Å². The number of benzene rings is 1. The molecule has 0 unspecified atom stereocenters. The first kappa shape index (κ1) is 16.4. The smallest absolute Gasteiger partial charge is 0.213 e. The second-order valence-corrected chi connectivity index (χ2v) is 6.64. The molecule has 0 spiro atoms. The van der Waals surface area contributed by atoms with Gasteiger partial charge in [0.15, 0.2) is 0 Å². The molecule has 0 aliphatic heterocycles. The molecule has 0 fully saturated rings. The van der Waals surface area contributed by atoms with Crippen molar-refractivity contribution in [1.82, 2.24) is 9.97 Å². The Kier molecular flexibility index (Phi) is 4.41. The highest BCUT2D eigenvalue weighted by molar-refractivity contribution is 7.08. The summed E-state index contributed by atoms with van der Waals surface area (Å²) in [4.78, 5) is 8.75. The van der Waals surface area contributed by atoms with Gasteiger partial charge in [0.2, 0.25) is 5.88 Å². The normalized spacial score (nSPS) is 10.7. The van der Waals surface area contributed by atoms with Gasteiger partial charge in [-0.3, -0.25) is 0 Å². The van der Waals surface area contributed by atoms with E-state index in [4.69, 9.17) is 4.74 Å². The minimum absolute atomic E-state index is 0.583. The fourth-order valence-corrected chi connectivity index (χ4v) is 3.41. The Balaban J connectivity index is 1.74. The summed E-state index contributed by atoms with van der Waals surface area (Å²) in [6.07, 6.45) is 3.55. The summed E-state index contributed by atoms with van der Waals surface area (Å²) in [5, 5.41) is 13.2. The Morgan fingerprint density at radius 3 is 2.58 bits per heavy atom. The molecule has 2 N–H and O–H groups in total. The third-order valence-corrected chi connectivity index (χ3v) is 4.84. The lowest BCUT2D eigenvalue weighted by molar-refractivity contribution is 0.398. The fraction of sp³-hybridized carbons (Fsp3) is 0.100. The van der Waals surface area contributed by atoms with Crippen molar-refractivity contribution >= 4 is 45.0 Å². The van der Waals surface area contributed by atoms with E-state index in [0.717, 1.165) is 33.7 Å². The molecule has 5 nitrogen and oxygen atoms in total. The summed E-state index contributed by atoms with van der Waals surface area (Å²) in [5.74, 6) is 1.38. The summed E-state index contributed by atoms with van der Waals surface area (Å²) in [5.41, 5.74) is 4.24. The SMILES string of the molecule is COc1ccc(Nc2nccc3c(Nc4ccsc4)c(C)ccc23)cn1. The van der Waals surface area contributed by atoms with E-state index in [1.54, 1.807) is 24.6 Å². The predicted molar refractivity (Wildman–Crippen MR) is 108 cm³/mol. The average Bonchev–Trinajstić information content (AvgIpc) is 3.18. The molecule has 26 heavy (non-hydrogen) atoms. The number of methoxy groups -OCH3 is 1. The zero-order valence-electron chi connectivity index (χ0n) is 14.5. The van der Waals surface area contributed by atoms with Crippen LogP contribution >= 0.6 is 11.3 Å². The number of aryl methyl sites for hydroxylation is 1.